The van der Waals surface area contributed by atoms with Crippen LogP contribution in [0, 0.1) is 5.82 Å². The summed E-state index contributed by atoms with van der Waals surface area (Å²) in [4.78, 5) is 22.4. The van der Waals surface area contributed by atoms with Crippen LogP contribution in [0.1, 0.15) is 34.5 Å². The smallest absolute Gasteiger partial charge is 0.419 e. The summed E-state index contributed by atoms with van der Waals surface area (Å²) < 4.78 is 64.3. The van der Waals surface area contributed by atoms with Crippen LogP contribution >= 0.6 is 0 Å². The number of rotatable bonds is 5. The molecule has 0 bridgehead atoms. The van der Waals surface area contributed by atoms with Crippen LogP contribution in [-0.4, -0.2) is 49.2 Å². The number of ether oxygens (including phenoxy) is 1. The predicted molar refractivity (Wildman–Crippen MR) is 137 cm³/mol. The van der Waals surface area contributed by atoms with E-state index < -0.39 is 23.7 Å². The van der Waals surface area contributed by atoms with E-state index in [1.54, 1.807) is 12.1 Å². The molecule has 0 spiro atoms. The minimum atomic E-state index is -4.51. The van der Waals surface area contributed by atoms with Gasteiger partial charge in [-0.1, -0.05) is 0 Å². The molecular formula is C27H25F4N5O3. The highest BCUT2D eigenvalue weighted by Gasteiger charge is 2.32. The van der Waals surface area contributed by atoms with Gasteiger partial charge in [-0.2, -0.15) is 13.2 Å². The number of hydrogen-bond acceptors (Lipinski definition) is 7. The minimum absolute atomic E-state index is 0.0599. The number of aromatic nitrogens is 2. The Morgan fingerprint density at radius 3 is 2.49 bits per heavy atom. The van der Waals surface area contributed by atoms with E-state index in [-0.39, 0.29) is 24.5 Å². The Balaban J connectivity index is 1.43. The molecule has 0 radical (unpaired) electrons. The fraction of sp³-hybridized carbons (Fsp3) is 0.296. The maximum Gasteiger partial charge on any atom is 0.419 e. The summed E-state index contributed by atoms with van der Waals surface area (Å²) >= 11 is 0. The van der Waals surface area contributed by atoms with Gasteiger partial charge in [-0.3, -0.25) is 4.79 Å². The lowest BCUT2D eigenvalue weighted by atomic mass is 10.00. The molecule has 1 amide bonds. The molecule has 3 heterocycles. The highest BCUT2D eigenvalue weighted by Crippen LogP contribution is 2.41. The van der Waals surface area contributed by atoms with Gasteiger partial charge in [0.2, 0.25) is 5.95 Å². The lowest BCUT2D eigenvalue weighted by molar-refractivity contribution is -0.138. The zero-order valence-corrected chi connectivity index (χ0v) is 21.3. The second-order valence-corrected chi connectivity index (χ2v) is 9.25. The molecule has 2 N–H and O–H groups in total. The molecule has 0 fully saturated rings. The molecule has 0 saturated heterocycles. The van der Waals surface area contributed by atoms with Crippen molar-refractivity contribution in [2.45, 2.75) is 25.3 Å². The maximum atomic E-state index is 13.5. The predicted octanol–water partition coefficient (Wildman–Crippen LogP) is 5.42. The van der Waals surface area contributed by atoms with Crippen LogP contribution in [0.4, 0.5) is 29.2 Å². The number of amides is 1. The third-order valence-corrected chi connectivity index (χ3v) is 6.59. The van der Waals surface area contributed by atoms with Gasteiger partial charge in [0.25, 0.3) is 5.91 Å². The number of furan rings is 1. The quantitative estimate of drug-likeness (QED) is 0.325. The number of carbonyl (C=O) groups excluding carboxylic acids is 1. The first-order valence-corrected chi connectivity index (χ1v) is 12.1. The number of halogens is 4. The molecule has 12 heteroatoms. The summed E-state index contributed by atoms with van der Waals surface area (Å²) in [5.41, 5.74) is 2.13. The van der Waals surface area contributed by atoms with Gasteiger partial charge in [0.1, 0.15) is 17.2 Å². The van der Waals surface area contributed by atoms with E-state index in [1.807, 2.05) is 31.0 Å². The summed E-state index contributed by atoms with van der Waals surface area (Å²) in [6, 6.07) is 9.43. The normalized spacial score (nSPS) is 17.6. The number of nitrogens with one attached hydrogen (secondary N) is 2. The first-order valence-electron chi connectivity index (χ1n) is 12.1. The van der Waals surface area contributed by atoms with Crippen molar-refractivity contribution in [1.82, 2.24) is 15.3 Å². The van der Waals surface area contributed by atoms with Gasteiger partial charge in [-0.25, -0.2) is 14.4 Å². The van der Waals surface area contributed by atoms with Crippen molar-refractivity contribution >= 4 is 28.5 Å². The van der Waals surface area contributed by atoms with E-state index in [2.05, 4.69) is 20.6 Å². The molecule has 2 aromatic carbocycles. The van der Waals surface area contributed by atoms with Gasteiger partial charge in [0.05, 0.1) is 23.3 Å². The van der Waals surface area contributed by atoms with Gasteiger partial charge >= 0.3 is 6.18 Å². The summed E-state index contributed by atoms with van der Waals surface area (Å²) in [5.74, 6) is -0.351. The summed E-state index contributed by atoms with van der Waals surface area (Å²) in [5, 5.41) is 6.17. The monoisotopic (exact) mass is 543 g/mol. The number of anilines is 2. The van der Waals surface area contributed by atoms with Crippen molar-refractivity contribution in [2.24, 2.45) is 0 Å². The van der Waals surface area contributed by atoms with Crippen LogP contribution in [0.15, 0.2) is 53.2 Å². The summed E-state index contributed by atoms with van der Waals surface area (Å²) in [6.45, 7) is 2.58. The molecule has 5 rings (SSSR count). The van der Waals surface area contributed by atoms with Gasteiger partial charge in [-0.15, -0.1) is 0 Å². The lowest BCUT2D eigenvalue weighted by Gasteiger charge is -2.23. The van der Waals surface area contributed by atoms with Crippen molar-refractivity contribution in [3.05, 3.63) is 71.3 Å². The standard InChI is InChI=1S/C27H25F4N5O3/c1-14-19-8-20-22(39-24(23(20)25(37)32-2)15-4-6-17(28)7-5-15)9-21(19)36(3)13-18(38-14)12-35-26-33-10-16(11-34-26)27(29,30)31/h4-11,14,18H,12-13H2,1-3H3,(H,32,37)(H,33,34,35)/t14-,18+/m0/s1. The third-order valence-electron chi connectivity index (χ3n) is 6.59. The zero-order valence-electron chi connectivity index (χ0n) is 21.3. The van der Waals surface area contributed by atoms with E-state index in [1.165, 1.54) is 19.2 Å². The Bertz CT molecular complexity index is 1500. The largest absolute Gasteiger partial charge is 0.455 e. The molecule has 0 unspecified atom stereocenters. The van der Waals surface area contributed by atoms with Crippen molar-refractivity contribution in [1.29, 1.82) is 0 Å². The Kier molecular flexibility index (Phi) is 6.89. The zero-order chi connectivity index (χ0) is 27.9. The van der Waals surface area contributed by atoms with Gasteiger partial charge in [-0.05, 0) is 37.3 Å². The number of hydrogen-bond donors (Lipinski definition) is 2. The summed E-state index contributed by atoms with van der Waals surface area (Å²) in [7, 11) is 3.41. The van der Waals surface area contributed by atoms with Gasteiger partial charge < -0.3 is 24.7 Å². The Hall–Kier alpha value is -4.19. The van der Waals surface area contributed by atoms with E-state index >= 15 is 0 Å². The number of benzene rings is 2. The first-order chi connectivity index (χ1) is 18.5. The van der Waals surface area contributed by atoms with Crippen LogP contribution in [0.5, 0.6) is 0 Å². The SMILES string of the molecule is CNC(=O)c1c(-c2ccc(F)cc2)oc2cc3c(cc12)[C@H](C)O[C@H](CNc1ncc(C(F)(F)F)cn1)CN3C. The van der Waals surface area contributed by atoms with Crippen molar-refractivity contribution in [3.8, 4) is 11.3 Å². The topological polar surface area (TPSA) is 92.5 Å². The molecule has 1 aliphatic heterocycles. The minimum Gasteiger partial charge on any atom is -0.455 e. The average Bonchev–Trinajstić information content (AvgIpc) is 3.23. The molecule has 2 atom stereocenters. The fourth-order valence-electron chi connectivity index (χ4n) is 4.65. The number of likely N-dealkylation sites (N-methyl/N-ethyl adjacent to an activating group) is 1. The van der Waals surface area contributed by atoms with E-state index in [9.17, 15) is 22.4 Å². The van der Waals surface area contributed by atoms with Crippen LogP contribution in [0.2, 0.25) is 0 Å². The van der Waals surface area contributed by atoms with E-state index in [0.717, 1.165) is 23.6 Å². The van der Waals surface area contributed by atoms with Gasteiger partial charge in [0.15, 0.2) is 0 Å². The molecule has 2 aromatic heterocycles. The van der Waals surface area contributed by atoms with E-state index in [4.69, 9.17) is 9.15 Å². The third kappa shape index (κ3) is 5.24. The van der Waals surface area contributed by atoms with Crippen LogP contribution in [0.3, 0.4) is 0 Å². The van der Waals surface area contributed by atoms with Crippen molar-refractivity contribution < 1.29 is 31.5 Å². The number of carbonyl (C=O) groups is 1. The second kappa shape index (κ2) is 10.2. The number of alkyl halides is 3. The van der Waals surface area contributed by atoms with Crippen molar-refractivity contribution in [2.75, 3.05) is 37.4 Å². The van der Waals surface area contributed by atoms with Crippen molar-refractivity contribution in [3.63, 3.8) is 0 Å². The molecule has 0 saturated carbocycles. The lowest BCUT2D eigenvalue weighted by Crippen LogP contribution is -2.34. The maximum absolute atomic E-state index is 13.5. The van der Waals surface area contributed by atoms with E-state index in [0.29, 0.717) is 34.4 Å². The highest BCUT2D eigenvalue weighted by molar-refractivity contribution is 6.11. The molecule has 0 aliphatic carbocycles. The molecule has 1 aliphatic rings. The fourth-order valence-corrected chi connectivity index (χ4v) is 4.65. The summed E-state index contributed by atoms with van der Waals surface area (Å²) in [6.07, 6.45) is -3.80. The molecule has 204 valence electrons. The Morgan fingerprint density at radius 2 is 1.85 bits per heavy atom. The molecule has 8 nitrogen and oxygen atoms in total. The number of fused-ring (bicyclic) bond motifs is 2. The van der Waals surface area contributed by atoms with Crippen LogP contribution < -0.4 is 15.5 Å². The van der Waals surface area contributed by atoms with Crippen LogP contribution in [-0.2, 0) is 10.9 Å². The molecule has 39 heavy (non-hydrogen) atoms. The average molecular weight is 544 g/mol. The second-order valence-electron chi connectivity index (χ2n) is 9.25. The Morgan fingerprint density at radius 1 is 1.15 bits per heavy atom. The molecule has 4 aromatic rings. The molecular weight excluding hydrogens is 518 g/mol. The van der Waals surface area contributed by atoms with Crippen LogP contribution in [0.25, 0.3) is 22.3 Å². The highest BCUT2D eigenvalue weighted by atomic mass is 19.4. The number of nitrogens with zero attached hydrogens (tertiary/aromatic N) is 3. The first kappa shape index (κ1) is 26.4. The Labute approximate surface area is 221 Å². The van der Waals surface area contributed by atoms with Gasteiger partial charge in [0, 0.05) is 67.8 Å².